The molecule has 136 valence electrons. The molecule has 0 aliphatic rings. The van der Waals surface area contributed by atoms with Gasteiger partial charge in [-0.1, -0.05) is 36.1 Å². The van der Waals surface area contributed by atoms with E-state index in [1.807, 2.05) is 0 Å². The zero-order valence-electron chi connectivity index (χ0n) is 14.3. The summed E-state index contributed by atoms with van der Waals surface area (Å²) >= 11 is 0. The van der Waals surface area contributed by atoms with Gasteiger partial charge in [0.1, 0.15) is 12.4 Å². The van der Waals surface area contributed by atoms with Crippen molar-refractivity contribution in [3.05, 3.63) is 89.0 Å². The summed E-state index contributed by atoms with van der Waals surface area (Å²) in [7, 11) is 0. The van der Waals surface area contributed by atoms with Crippen LogP contribution in [0.5, 0.6) is 5.75 Å². The maximum atomic E-state index is 14.2. The Morgan fingerprint density at radius 3 is 2.41 bits per heavy atom. The van der Waals surface area contributed by atoms with Crippen molar-refractivity contribution < 1.29 is 22.3 Å². The summed E-state index contributed by atoms with van der Waals surface area (Å²) in [5.74, 6) is 0.244. The number of rotatable bonds is 3. The zero-order valence-corrected chi connectivity index (χ0v) is 14.3. The van der Waals surface area contributed by atoms with E-state index in [1.54, 1.807) is 37.3 Å². The summed E-state index contributed by atoms with van der Waals surface area (Å²) in [6.45, 7) is 1.64. The molecule has 0 spiro atoms. The van der Waals surface area contributed by atoms with Gasteiger partial charge in [-0.2, -0.15) is 4.39 Å². The molecule has 0 aliphatic carbocycles. The molecule has 0 N–H and O–H groups in total. The highest BCUT2D eigenvalue weighted by Crippen LogP contribution is 2.26. The van der Waals surface area contributed by atoms with Crippen molar-refractivity contribution in [2.75, 3.05) is 6.61 Å². The lowest BCUT2D eigenvalue weighted by molar-refractivity contribution is 0.311. The Morgan fingerprint density at radius 1 is 0.889 bits per heavy atom. The number of allylic oxidation sites excluding steroid dienone is 1. The minimum absolute atomic E-state index is 0.0769. The molecule has 0 heterocycles. The average molecular weight is 370 g/mol. The summed E-state index contributed by atoms with van der Waals surface area (Å²) in [4.78, 5) is 0. The Bertz CT molecular complexity index is 1090. The summed E-state index contributed by atoms with van der Waals surface area (Å²) in [6.07, 6.45) is 3.18. The fraction of sp³-hybridized carbons (Fsp3) is 0.0909. The Balaban J connectivity index is 1.93. The Labute approximate surface area is 153 Å². The minimum atomic E-state index is -1.42. The van der Waals surface area contributed by atoms with Crippen LogP contribution in [0.25, 0.3) is 10.8 Å². The van der Waals surface area contributed by atoms with Gasteiger partial charge < -0.3 is 4.74 Å². The van der Waals surface area contributed by atoms with Crippen molar-refractivity contribution in [1.82, 2.24) is 0 Å². The summed E-state index contributed by atoms with van der Waals surface area (Å²) in [6, 6.07) is 10.0. The van der Waals surface area contributed by atoms with Crippen molar-refractivity contribution >= 4 is 10.8 Å². The smallest absolute Gasteiger partial charge is 0.205 e. The fourth-order valence-electron chi connectivity index (χ4n) is 2.46. The van der Waals surface area contributed by atoms with Crippen LogP contribution in [0.3, 0.4) is 0 Å². The van der Waals surface area contributed by atoms with Crippen molar-refractivity contribution in [1.29, 1.82) is 0 Å². The lowest BCUT2D eigenvalue weighted by Crippen LogP contribution is -2.03. The molecule has 0 aromatic heterocycles. The number of benzene rings is 3. The molecule has 0 amide bonds. The van der Waals surface area contributed by atoms with Crippen molar-refractivity contribution in [3.8, 4) is 17.6 Å². The second-order valence-electron chi connectivity index (χ2n) is 5.70. The topological polar surface area (TPSA) is 9.23 Å². The van der Waals surface area contributed by atoms with E-state index < -0.39 is 28.8 Å². The van der Waals surface area contributed by atoms with Gasteiger partial charge in [-0.15, -0.1) is 0 Å². The molecule has 0 radical (unpaired) electrons. The van der Waals surface area contributed by atoms with Crippen LogP contribution < -0.4 is 4.74 Å². The maximum Gasteiger partial charge on any atom is 0.205 e. The van der Waals surface area contributed by atoms with Crippen LogP contribution in [0, 0.1) is 35.1 Å². The standard InChI is InChI=1S/C22H14F4O/c1-2-3-10-27-22-19(24)13-17(20(25)21(22)26)7-5-14-4-6-16-12-18(23)9-8-15(16)11-14/h2-4,6,8-9,11-13H,10H2,1H3/b3-2+. The van der Waals surface area contributed by atoms with Gasteiger partial charge in [-0.3, -0.25) is 0 Å². The number of ether oxygens (including phenoxy) is 1. The van der Waals surface area contributed by atoms with Crippen molar-refractivity contribution in [2.24, 2.45) is 0 Å². The molecule has 0 saturated carbocycles. The third kappa shape index (κ3) is 4.12. The molecule has 0 atom stereocenters. The van der Waals surface area contributed by atoms with E-state index in [4.69, 9.17) is 4.74 Å². The van der Waals surface area contributed by atoms with Crippen LogP contribution in [-0.4, -0.2) is 6.61 Å². The average Bonchev–Trinajstić information content (AvgIpc) is 2.66. The van der Waals surface area contributed by atoms with E-state index in [-0.39, 0.29) is 12.4 Å². The normalized spacial score (nSPS) is 10.9. The first-order valence-corrected chi connectivity index (χ1v) is 8.12. The molecule has 0 aliphatic heterocycles. The predicted molar refractivity (Wildman–Crippen MR) is 96.5 cm³/mol. The molecular formula is C22H14F4O. The molecular weight excluding hydrogens is 356 g/mol. The molecule has 1 nitrogen and oxygen atoms in total. The summed E-state index contributed by atoms with van der Waals surface area (Å²) < 4.78 is 60.4. The molecule has 3 aromatic rings. The van der Waals surface area contributed by atoms with Gasteiger partial charge in [0.05, 0.1) is 5.56 Å². The molecule has 3 rings (SSSR count). The van der Waals surface area contributed by atoms with Crippen LogP contribution in [0.2, 0.25) is 0 Å². The Hall–Kier alpha value is -3.26. The number of fused-ring (bicyclic) bond motifs is 1. The molecule has 0 bridgehead atoms. The highest BCUT2D eigenvalue weighted by atomic mass is 19.2. The molecule has 27 heavy (non-hydrogen) atoms. The molecule has 5 heteroatoms. The molecule has 0 fully saturated rings. The highest BCUT2D eigenvalue weighted by Gasteiger charge is 2.19. The van der Waals surface area contributed by atoms with Gasteiger partial charge in [-0.05, 0) is 48.0 Å². The predicted octanol–water partition coefficient (Wildman–Crippen LogP) is 5.75. The largest absolute Gasteiger partial charge is 0.483 e. The van der Waals surface area contributed by atoms with E-state index in [9.17, 15) is 17.6 Å². The van der Waals surface area contributed by atoms with Crippen LogP contribution >= 0.6 is 0 Å². The third-order valence-electron chi connectivity index (χ3n) is 3.82. The van der Waals surface area contributed by atoms with E-state index >= 15 is 0 Å². The fourth-order valence-corrected chi connectivity index (χ4v) is 2.46. The van der Waals surface area contributed by atoms with Gasteiger partial charge in [0.2, 0.25) is 5.82 Å². The maximum absolute atomic E-state index is 14.2. The highest BCUT2D eigenvalue weighted by molar-refractivity contribution is 5.84. The van der Waals surface area contributed by atoms with Gasteiger partial charge in [0, 0.05) is 5.56 Å². The number of halogens is 4. The van der Waals surface area contributed by atoms with Gasteiger partial charge >= 0.3 is 0 Å². The zero-order chi connectivity index (χ0) is 19.4. The third-order valence-corrected chi connectivity index (χ3v) is 3.82. The Morgan fingerprint density at radius 2 is 1.63 bits per heavy atom. The van der Waals surface area contributed by atoms with E-state index in [1.165, 1.54) is 18.2 Å². The summed E-state index contributed by atoms with van der Waals surface area (Å²) in [5, 5.41) is 1.43. The van der Waals surface area contributed by atoms with Crippen molar-refractivity contribution in [2.45, 2.75) is 6.92 Å². The van der Waals surface area contributed by atoms with Crippen LogP contribution in [0.15, 0.2) is 54.6 Å². The minimum Gasteiger partial charge on any atom is -0.483 e. The van der Waals surface area contributed by atoms with Gasteiger partial charge in [0.15, 0.2) is 17.4 Å². The van der Waals surface area contributed by atoms with Crippen LogP contribution in [-0.2, 0) is 0 Å². The second-order valence-corrected chi connectivity index (χ2v) is 5.70. The number of hydrogen-bond donors (Lipinski definition) is 0. The summed E-state index contributed by atoms with van der Waals surface area (Å²) in [5.41, 5.74) is 0.0883. The first-order chi connectivity index (χ1) is 13.0. The van der Waals surface area contributed by atoms with E-state index in [2.05, 4.69) is 11.8 Å². The van der Waals surface area contributed by atoms with Gasteiger partial charge in [0.25, 0.3) is 0 Å². The lowest BCUT2D eigenvalue weighted by atomic mass is 10.1. The Kier molecular flexibility index (Phi) is 5.46. The molecule has 0 saturated heterocycles. The van der Waals surface area contributed by atoms with Gasteiger partial charge in [-0.25, -0.2) is 13.2 Å². The first-order valence-electron chi connectivity index (χ1n) is 8.12. The van der Waals surface area contributed by atoms with Crippen molar-refractivity contribution in [3.63, 3.8) is 0 Å². The molecule has 0 unspecified atom stereocenters. The molecule has 3 aromatic carbocycles. The lowest BCUT2D eigenvalue weighted by Gasteiger charge is -2.08. The first kappa shape index (κ1) is 18.5. The quantitative estimate of drug-likeness (QED) is 0.247. The van der Waals surface area contributed by atoms with Crippen LogP contribution in [0.1, 0.15) is 18.1 Å². The van der Waals surface area contributed by atoms with E-state index in [0.29, 0.717) is 10.9 Å². The monoisotopic (exact) mass is 370 g/mol. The second kappa shape index (κ2) is 7.96. The van der Waals surface area contributed by atoms with Crippen LogP contribution in [0.4, 0.5) is 17.6 Å². The van der Waals surface area contributed by atoms with E-state index in [0.717, 1.165) is 11.5 Å². The number of hydrogen-bond acceptors (Lipinski definition) is 1. The SMILES string of the molecule is C/C=C/COc1c(F)cc(C#Cc2ccc3cc(F)ccc3c2)c(F)c1F.